The molecule has 0 aromatic rings. The molecule has 0 aliphatic heterocycles. The second-order valence-corrected chi connectivity index (χ2v) is 10.7. The van der Waals surface area contributed by atoms with E-state index >= 15 is 0 Å². The Kier molecular flexibility index (Phi) is 4.74. The van der Waals surface area contributed by atoms with Crippen molar-refractivity contribution in [2.45, 2.75) is 0 Å². The first-order valence-electron chi connectivity index (χ1n) is 1.49. The lowest BCUT2D eigenvalue weighted by Crippen LogP contribution is -1.61. The minimum Gasteiger partial charge on any atom is -0.289 e. The third-order valence-electron chi connectivity index (χ3n) is 0.272. The van der Waals surface area contributed by atoms with E-state index in [9.17, 15) is 4.57 Å². The van der Waals surface area contributed by atoms with Crippen LogP contribution in [0.2, 0.25) is 0 Å². The van der Waals surface area contributed by atoms with Crippen LogP contribution in [0.15, 0.2) is 0 Å². The summed E-state index contributed by atoms with van der Waals surface area (Å²) >= 11 is 20.7. The van der Waals surface area contributed by atoms with Crippen molar-refractivity contribution >= 4 is 57.4 Å². The largest absolute Gasteiger partial charge is 0.289 e. The van der Waals surface area contributed by atoms with E-state index < -0.39 is 12.5 Å². The maximum atomic E-state index is 10.4. The van der Waals surface area contributed by atoms with Crippen LogP contribution in [0.25, 0.3) is 0 Å². The zero-order valence-corrected chi connectivity index (χ0v) is 8.33. The standard InChI is InChI=1S/CH2Cl4OP2/c2-7(3)1-8(4,5)6/h1H2. The van der Waals surface area contributed by atoms with Gasteiger partial charge in [-0.3, -0.25) is 4.57 Å². The number of halogens is 4. The fraction of sp³-hybridized carbons (Fsp3) is 1.00. The van der Waals surface area contributed by atoms with E-state index in [1.165, 1.54) is 0 Å². The molecule has 0 saturated carbocycles. The van der Waals surface area contributed by atoms with Crippen molar-refractivity contribution in [2.75, 3.05) is 5.90 Å². The first kappa shape index (κ1) is 9.82. The summed E-state index contributed by atoms with van der Waals surface area (Å²) in [5, 5.41) is 0. The predicted molar refractivity (Wildman–Crippen MR) is 42.8 cm³/mol. The summed E-state index contributed by atoms with van der Waals surface area (Å²) < 4.78 is 10.4. The molecule has 0 rings (SSSR count). The van der Waals surface area contributed by atoms with Crippen molar-refractivity contribution in [1.82, 2.24) is 0 Å². The van der Waals surface area contributed by atoms with Crippen LogP contribution < -0.4 is 0 Å². The number of hydrogen-bond donors (Lipinski definition) is 0. The lowest BCUT2D eigenvalue weighted by molar-refractivity contribution is 0.595. The molecule has 0 spiro atoms. The predicted octanol–water partition coefficient (Wildman–Crippen LogP) is 4.40. The first-order chi connectivity index (χ1) is 3.42. The highest BCUT2D eigenvalue weighted by Gasteiger charge is 2.17. The number of hydrogen-bond acceptors (Lipinski definition) is 1. The maximum absolute atomic E-state index is 10.4. The molecular formula is CH2Cl4OP2. The molecule has 0 N–H and O–H groups in total. The Morgan fingerprint density at radius 1 is 1.38 bits per heavy atom. The van der Waals surface area contributed by atoms with E-state index in [-0.39, 0.29) is 5.90 Å². The Labute approximate surface area is 67.9 Å². The fourth-order valence-corrected chi connectivity index (χ4v) is 7.72. The Morgan fingerprint density at radius 3 is 1.75 bits per heavy atom. The van der Waals surface area contributed by atoms with Gasteiger partial charge in [-0.25, -0.2) is 0 Å². The molecule has 0 aromatic carbocycles. The monoisotopic (exact) mass is 232 g/mol. The van der Waals surface area contributed by atoms with Crippen LogP contribution >= 0.6 is 57.4 Å². The molecule has 0 aliphatic rings. The summed E-state index contributed by atoms with van der Waals surface area (Å²) in [4.78, 5) is 0. The van der Waals surface area contributed by atoms with Gasteiger partial charge in [-0.05, 0) is 22.5 Å². The smallest absolute Gasteiger partial charge is 0.259 e. The molecule has 0 atom stereocenters. The van der Waals surface area contributed by atoms with Crippen molar-refractivity contribution in [2.24, 2.45) is 0 Å². The van der Waals surface area contributed by atoms with Crippen LogP contribution in [0.1, 0.15) is 0 Å². The first-order valence-corrected chi connectivity index (χ1v) is 8.53. The second kappa shape index (κ2) is 3.86. The van der Waals surface area contributed by atoms with Crippen LogP contribution in [0.4, 0.5) is 0 Å². The van der Waals surface area contributed by atoms with Gasteiger partial charge in [0.05, 0.1) is 12.5 Å². The Balaban J connectivity index is 3.56. The molecule has 50 valence electrons. The zero-order valence-electron chi connectivity index (χ0n) is 3.52. The summed E-state index contributed by atoms with van der Waals surface area (Å²) in [6.45, 7) is -1.27. The van der Waals surface area contributed by atoms with Gasteiger partial charge in [-0.2, -0.15) is 0 Å². The van der Waals surface area contributed by atoms with E-state index in [0.29, 0.717) is 0 Å². The number of rotatable bonds is 2. The summed E-state index contributed by atoms with van der Waals surface area (Å²) in [5.41, 5.74) is 0. The molecule has 0 amide bonds. The summed E-state index contributed by atoms with van der Waals surface area (Å²) in [6, 6.07) is 0. The molecule has 0 saturated heterocycles. The van der Waals surface area contributed by atoms with Gasteiger partial charge < -0.3 is 0 Å². The highest BCUT2D eigenvalue weighted by Crippen LogP contribution is 2.67. The van der Waals surface area contributed by atoms with Crippen LogP contribution in [0.3, 0.4) is 0 Å². The summed E-state index contributed by atoms with van der Waals surface area (Å²) in [5.74, 6) is -3.00. The van der Waals surface area contributed by atoms with Gasteiger partial charge in [0.25, 0.3) is 5.85 Å². The zero-order chi connectivity index (χ0) is 6.78. The molecule has 0 fully saturated rings. The second-order valence-electron chi connectivity index (χ2n) is 1.01. The lowest BCUT2D eigenvalue weighted by Gasteiger charge is -1.98. The third kappa shape index (κ3) is 7.82. The van der Waals surface area contributed by atoms with E-state index in [2.05, 4.69) is 0 Å². The molecule has 0 aliphatic carbocycles. The van der Waals surface area contributed by atoms with E-state index in [4.69, 9.17) is 45.0 Å². The average Bonchev–Trinajstić information content (AvgIpc) is 1.21. The third-order valence-corrected chi connectivity index (χ3v) is 6.29. The van der Waals surface area contributed by atoms with Crippen LogP contribution in [0, 0.1) is 0 Å². The Morgan fingerprint density at radius 2 is 1.75 bits per heavy atom. The summed E-state index contributed by atoms with van der Waals surface area (Å²) in [7, 11) is 0. The van der Waals surface area contributed by atoms with Gasteiger partial charge in [-0.1, -0.05) is 22.5 Å². The quantitative estimate of drug-likeness (QED) is 0.646. The van der Waals surface area contributed by atoms with Gasteiger partial charge in [0, 0.05) is 0 Å². The minimum absolute atomic E-state index is 0.00849. The Hall–Kier alpha value is 1.82. The van der Waals surface area contributed by atoms with Crippen molar-refractivity contribution in [1.29, 1.82) is 0 Å². The van der Waals surface area contributed by atoms with Crippen molar-refractivity contribution in [3.8, 4) is 0 Å². The summed E-state index contributed by atoms with van der Waals surface area (Å²) in [6.07, 6.45) is 0. The van der Waals surface area contributed by atoms with Crippen molar-refractivity contribution < 1.29 is 4.57 Å². The molecule has 1 nitrogen and oxygen atoms in total. The molecule has 7 heteroatoms. The molecule has 0 bridgehead atoms. The fourth-order valence-electron chi connectivity index (χ4n) is 0.124. The van der Waals surface area contributed by atoms with Crippen LogP contribution in [0.5, 0.6) is 0 Å². The van der Waals surface area contributed by atoms with Gasteiger partial charge in [-0.15, -0.1) is 0 Å². The van der Waals surface area contributed by atoms with Crippen LogP contribution in [-0.4, -0.2) is 5.90 Å². The van der Waals surface area contributed by atoms with Gasteiger partial charge in [0.2, 0.25) is 0 Å². The van der Waals surface area contributed by atoms with Gasteiger partial charge >= 0.3 is 0 Å². The molecule has 8 heavy (non-hydrogen) atoms. The molecule has 0 unspecified atom stereocenters. The van der Waals surface area contributed by atoms with E-state index in [1.54, 1.807) is 0 Å². The molecular weight excluding hydrogens is 232 g/mol. The van der Waals surface area contributed by atoms with Gasteiger partial charge in [0.15, 0.2) is 0 Å². The molecule has 0 radical (unpaired) electrons. The topological polar surface area (TPSA) is 17.1 Å². The lowest BCUT2D eigenvalue weighted by atomic mass is 11.9. The highest BCUT2D eigenvalue weighted by atomic mass is 35.9. The van der Waals surface area contributed by atoms with Crippen molar-refractivity contribution in [3.63, 3.8) is 0 Å². The van der Waals surface area contributed by atoms with E-state index in [0.717, 1.165) is 0 Å². The highest BCUT2D eigenvalue weighted by molar-refractivity contribution is 8.19. The normalized spacial score (nSPS) is 12.6. The average molecular weight is 234 g/mol. The minimum atomic E-state index is -3.01. The van der Waals surface area contributed by atoms with Crippen molar-refractivity contribution in [3.05, 3.63) is 0 Å². The maximum Gasteiger partial charge on any atom is 0.259 e. The SMILES string of the molecule is O=P(Cl)(Cl)CP(Cl)Cl. The Bertz CT molecular complexity index is 107. The molecule has 0 heterocycles. The van der Waals surface area contributed by atoms with E-state index in [1.807, 2.05) is 0 Å². The van der Waals surface area contributed by atoms with Crippen LogP contribution in [-0.2, 0) is 4.57 Å². The van der Waals surface area contributed by atoms with Gasteiger partial charge in [0.1, 0.15) is 0 Å². The molecule has 0 aromatic heterocycles.